The van der Waals surface area contributed by atoms with E-state index >= 15 is 0 Å². The van der Waals surface area contributed by atoms with Crippen LogP contribution in [0, 0.1) is 0 Å². The molecule has 0 fully saturated rings. The number of aromatic nitrogens is 2. The van der Waals surface area contributed by atoms with Gasteiger partial charge in [-0.2, -0.15) is 0 Å². The summed E-state index contributed by atoms with van der Waals surface area (Å²) in [6.07, 6.45) is 3.49. The van der Waals surface area contributed by atoms with Gasteiger partial charge in [-0.05, 0) is 20.2 Å². The molecular formula is C12H15N3OS. The van der Waals surface area contributed by atoms with E-state index in [-0.39, 0.29) is 0 Å². The van der Waals surface area contributed by atoms with Crippen LogP contribution in [0.15, 0.2) is 29.9 Å². The number of likely N-dealkylation sites (N-methyl/N-ethyl adjacent to an activating group) is 1. The molecule has 0 N–H and O–H groups in total. The van der Waals surface area contributed by atoms with Gasteiger partial charge < -0.3 is 9.64 Å². The molecule has 0 aliphatic carbocycles. The fraction of sp³-hybridized carbons (Fsp3) is 0.333. The summed E-state index contributed by atoms with van der Waals surface area (Å²) < 4.78 is 5.64. The van der Waals surface area contributed by atoms with Crippen molar-refractivity contribution in [2.45, 2.75) is 0 Å². The highest BCUT2D eigenvalue weighted by molar-refractivity contribution is 7.12. The van der Waals surface area contributed by atoms with Gasteiger partial charge in [0.05, 0.1) is 0 Å². The molecule has 0 amide bonds. The van der Waals surface area contributed by atoms with Crippen LogP contribution in [0.2, 0.25) is 0 Å². The minimum atomic E-state index is 0.697. The molecule has 2 aromatic rings. The summed E-state index contributed by atoms with van der Waals surface area (Å²) in [5.41, 5.74) is 1.01. The third-order valence-corrected chi connectivity index (χ3v) is 3.02. The van der Waals surface area contributed by atoms with Gasteiger partial charge in [0.15, 0.2) is 10.9 Å². The van der Waals surface area contributed by atoms with Gasteiger partial charge in [0.2, 0.25) is 0 Å². The molecule has 4 nitrogen and oxygen atoms in total. The van der Waals surface area contributed by atoms with Crippen molar-refractivity contribution < 1.29 is 4.74 Å². The Morgan fingerprint density at radius 3 is 2.76 bits per heavy atom. The average Bonchev–Trinajstić information content (AvgIpc) is 2.78. The highest BCUT2D eigenvalue weighted by atomic mass is 32.1. The lowest BCUT2D eigenvalue weighted by molar-refractivity contribution is 0.267. The smallest absolute Gasteiger partial charge is 0.174 e. The second-order valence-electron chi connectivity index (χ2n) is 3.88. The average molecular weight is 249 g/mol. The van der Waals surface area contributed by atoms with Crippen LogP contribution in [0.5, 0.6) is 5.06 Å². The van der Waals surface area contributed by atoms with E-state index in [0.717, 1.165) is 23.0 Å². The minimum absolute atomic E-state index is 0.697. The second-order valence-corrected chi connectivity index (χ2v) is 4.75. The van der Waals surface area contributed by atoms with Crippen LogP contribution in [-0.4, -0.2) is 42.1 Å². The molecule has 0 aliphatic rings. The molecule has 0 radical (unpaired) electrons. The van der Waals surface area contributed by atoms with E-state index in [1.165, 1.54) is 0 Å². The van der Waals surface area contributed by atoms with Crippen molar-refractivity contribution in [3.8, 4) is 16.5 Å². The molecule has 0 unspecified atom stereocenters. The number of ether oxygens (including phenoxy) is 1. The first kappa shape index (κ1) is 12.0. The third-order valence-electron chi connectivity index (χ3n) is 2.18. The maximum atomic E-state index is 5.64. The predicted octanol–water partition coefficient (Wildman–Crippen LogP) is 2.15. The number of thiophene rings is 1. The second kappa shape index (κ2) is 5.75. The van der Waals surface area contributed by atoms with E-state index in [2.05, 4.69) is 14.9 Å². The van der Waals surface area contributed by atoms with Crippen LogP contribution < -0.4 is 4.74 Å². The molecule has 0 bridgehead atoms. The van der Waals surface area contributed by atoms with Crippen LogP contribution in [-0.2, 0) is 0 Å². The minimum Gasteiger partial charge on any atom is -0.483 e. The SMILES string of the molecule is CN(C)CCOc1cc(-c2ncccn2)cs1. The van der Waals surface area contributed by atoms with E-state index in [9.17, 15) is 0 Å². The fourth-order valence-corrected chi connectivity index (χ4v) is 2.05. The van der Waals surface area contributed by atoms with Gasteiger partial charge in [-0.1, -0.05) is 0 Å². The summed E-state index contributed by atoms with van der Waals surface area (Å²) in [5, 5.41) is 2.93. The normalized spacial score (nSPS) is 10.8. The Morgan fingerprint density at radius 2 is 2.06 bits per heavy atom. The first-order valence-corrected chi connectivity index (χ1v) is 6.27. The van der Waals surface area contributed by atoms with Gasteiger partial charge in [0.25, 0.3) is 0 Å². The Kier molecular flexibility index (Phi) is 4.06. The van der Waals surface area contributed by atoms with E-state index in [1.54, 1.807) is 23.7 Å². The van der Waals surface area contributed by atoms with Crippen molar-refractivity contribution in [3.63, 3.8) is 0 Å². The van der Waals surface area contributed by atoms with Crippen LogP contribution in [0.1, 0.15) is 0 Å². The molecule has 17 heavy (non-hydrogen) atoms. The molecular weight excluding hydrogens is 234 g/mol. The van der Waals surface area contributed by atoms with Gasteiger partial charge >= 0.3 is 0 Å². The van der Waals surface area contributed by atoms with Gasteiger partial charge in [0, 0.05) is 35.9 Å². The maximum Gasteiger partial charge on any atom is 0.174 e. The largest absolute Gasteiger partial charge is 0.483 e. The summed E-state index contributed by atoms with van der Waals surface area (Å²) in [7, 11) is 4.06. The standard InChI is InChI=1S/C12H15N3OS/c1-15(2)6-7-16-11-8-10(9-17-11)12-13-4-3-5-14-12/h3-5,8-9H,6-7H2,1-2H3. The Bertz CT molecular complexity index is 456. The zero-order valence-corrected chi connectivity index (χ0v) is 10.8. The van der Waals surface area contributed by atoms with Crippen LogP contribution in [0.25, 0.3) is 11.4 Å². The predicted molar refractivity (Wildman–Crippen MR) is 69.4 cm³/mol. The van der Waals surface area contributed by atoms with Gasteiger partial charge in [-0.3, -0.25) is 0 Å². The molecule has 0 aliphatic heterocycles. The van der Waals surface area contributed by atoms with Crippen molar-refractivity contribution >= 4 is 11.3 Å². The molecule has 2 aromatic heterocycles. The molecule has 0 aromatic carbocycles. The molecule has 0 saturated carbocycles. The zero-order valence-electron chi connectivity index (χ0n) is 9.96. The lowest BCUT2D eigenvalue weighted by Crippen LogP contribution is -2.19. The van der Waals surface area contributed by atoms with E-state index in [4.69, 9.17) is 4.74 Å². The highest BCUT2D eigenvalue weighted by Gasteiger charge is 2.05. The molecule has 5 heteroatoms. The quantitative estimate of drug-likeness (QED) is 0.814. The van der Waals surface area contributed by atoms with E-state index in [1.807, 2.05) is 31.6 Å². The summed E-state index contributed by atoms with van der Waals surface area (Å²) >= 11 is 1.58. The number of rotatable bonds is 5. The van der Waals surface area contributed by atoms with Crippen LogP contribution in [0.3, 0.4) is 0 Å². The number of hydrogen-bond acceptors (Lipinski definition) is 5. The zero-order chi connectivity index (χ0) is 12.1. The van der Waals surface area contributed by atoms with Gasteiger partial charge in [-0.15, -0.1) is 11.3 Å². The van der Waals surface area contributed by atoms with Crippen LogP contribution in [0.4, 0.5) is 0 Å². The highest BCUT2D eigenvalue weighted by Crippen LogP contribution is 2.28. The first-order chi connectivity index (χ1) is 8.25. The van der Waals surface area contributed by atoms with E-state index < -0.39 is 0 Å². The van der Waals surface area contributed by atoms with Crippen molar-refractivity contribution in [1.29, 1.82) is 0 Å². The molecule has 0 atom stereocenters. The molecule has 2 heterocycles. The number of nitrogens with zero attached hydrogens (tertiary/aromatic N) is 3. The number of hydrogen-bond donors (Lipinski definition) is 0. The Balaban J connectivity index is 1.97. The summed E-state index contributed by atoms with van der Waals surface area (Å²) in [6.45, 7) is 1.61. The molecule has 0 saturated heterocycles. The van der Waals surface area contributed by atoms with Crippen molar-refractivity contribution in [2.24, 2.45) is 0 Å². The Morgan fingerprint density at radius 1 is 1.29 bits per heavy atom. The van der Waals surface area contributed by atoms with Crippen molar-refractivity contribution in [2.75, 3.05) is 27.2 Å². The fourth-order valence-electron chi connectivity index (χ4n) is 1.29. The lowest BCUT2D eigenvalue weighted by atomic mass is 10.3. The Labute approximate surface area is 105 Å². The van der Waals surface area contributed by atoms with Crippen molar-refractivity contribution in [1.82, 2.24) is 14.9 Å². The summed E-state index contributed by atoms with van der Waals surface area (Å²) in [6, 6.07) is 3.79. The first-order valence-electron chi connectivity index (χ1n) is 5.39. The van der Waals surface area contributed by atoms with Crippen molar-refractivity contribution in [3.05, 3.63) is 29.9 Å². The molecule has 0 spiro atoms. The third kappa shape index (κ3) is 3.51. The van der Waals surface area contributed by atoms with E-state index in [0.29, 0.717) is 6.61 Å². The summed E-state index contributed by atoms with van der Waals surface area (Å²) in [4.78, 5) is 10.5. The van der Waals surface area contributed by atoms with Gasteiger partial charge in [0.1, 0.15) is 6.61 Å². The summed E-state index contributed by atoms with van der Waals surface area (Å²) in [5.74, 6) is 0.742. The lowest BCUT2D eigenvalue weighted by Gasteiger charge is -2.09. The maximum absolute atomic E-state index is 5.64. The topological polar surface area (TPSA) is 38.2 Å². The molecule has 90 valence electrons. The van der Waals surface area contributed by atoms with Crippen LogP contribution >= 0.6 is 11.3 Å². The van der Waals surface area contributed by atoms with Gasteiger partial charge in [-0.25, -0.2) is 9.97 Å². The monoisotopic (exact) mass is 249 g/mol. The Hall–Kier alpha value is -1.46. The molecule has 2 rings (SSSR count).